The Hall–Kier alpha value is -1.11. The van der Waals surface area contributed by atoms with Crippen LogP contribution in [0.2, 0.25) is 0 Å². The van der Waals surface area contributed by atoms with Gasteiger partial charge in [0.15, 0.2) is 9.84 Å². The first kappa shape index (κ1) is 17.7. The molecule has 2 aliphatic rings. The molecule has 4 nitrogen and oxygen atoms in total. The maximum absolute atomic E-state index is 13.1. The van der Waals surface area contributed by atoms with E-state index in [0.29, 0.717) is 11.3 Å². The van der Waals surface area contributed by atoms with Crippen LogP contribution in [0.25, 0.3) is 0 Å². The van der Waals surface area contributed by atoms with E-state index in [1.165, 1.54) is 0 Å². The summed E-state index contributed by atoms with van der Waals surface area (Å²) in [6.07, 6.45) is 4.32. The summed E-state index contributed by atoms with van der Waals surface area (Å²) in [5.74, 6) is 0. The van der Waals surface area contributed by atoms with Crippen LogP contribution < -0.4 is 0 Å². The maximum Gasteiger partial charge on any atom is 0.491 e. The number of rotatable bonds is 3. The fourth-order valence-electron chi connectivity index (χ4n) is 3.21. The molecule has 1 aromatic carbocycles. The Morgan fingerprint density at radius 1 is 1.04 bits per heavy atom. The lowest BCUT2D eigenvalue weighted by Gasteiger charge is -2.32. The highest BCUT2D eigenvalue weighted by molar-refractivity contribution is 7.92. The van der Waals surface area contributed by atoms with Crippen LogP contribution in [0.1, 0.15) is 47.0 Å². The lowest BCUT2D eigenvalue weighted by atomic mass is 9.72. The summed E-state index contributed by atoms with van der Waals surface area (Å²) in [6, 6.07) is 8.66. The number of hydrogen-bond donors (Lipinski definition) is 0. The van der Waals surface area contributed by atoms with Crippen molar-refractivity contribution in [2.45, 2.75) is 68.3 Å². The van der Waals surface area contributed by atoms with Crippen LogP contribution in [-0.2, 0) is 19.1 Å². The van der Waals surface area contributed by atoms with Gasteiger partial charge in [-0.05, 0) is 64.6 Å². The molecule has 1 aliphatic heterocycles. The van der Waals surface area contributed by atoms with Crippen LogP contribution in [0.4, 0.5) is 0 Å². The summed E-state index contributed by atoms with van der Waals surface area (Å²) in [5.41, 5.74) is -0.197. The molecule has 1 aromatic rings. The Morgan fingerprint density at radius 3 is 2.21 bits per heavy atom. The van der Waals surface area contributed by atoms with Gasteiger partial charge >= 0.3 is 7.12 Å². The van der Waals surface area contributed by atoms with E-state index in [9.17, 15) is 8.42 Å². The quantitative estimate of drug-likeness (QED) is 0.784. The number of hydrogen-bond acceptors (Lipinski definition) is 4. The smallest absolute Gasteiger partial charge is 0.400 e. The third-order valence-corrected chi connectivity index (χ3v) is 7.58. The number of benzene rings is 1. The van der Waals surface area contributed by atoms with Crippen molar-refractivity contribution < 1.29 is 17.7 Å². The van der Waals surface area contributed by atoms with Gasteiger partial charge < -0.3 is 9.31 Å². The van der Waals surface area contributed by atoms with Crippen molar-refractivity contribution in [3.05, 3.63) is 41.9 Å². The predicted octanol–water partition coefficient (Wildman–Crippen LogP) is 3.57. The van der Waals surface area contributed by atoms with Gasteiger partial charge in [0.25, 0.3) is 0 Å². The minimum atomic E-state index is -3.45. The van der Waals surface area contributed by atoms with E-state index in [-0.39, 0.29) is 0 Å². The molecule has 1 aliphatic carbocycles. The molecule has 0 amide bonds. The fraction of sp³-hybridized carbons (Fsp3) is 0.556. The molecule has 1 heterocycles. The van der Waals surface area contributed by atoms with Gasteiger partial charge in [-0.15, -0.1) is 0 Å². The van der Waals surface area contributed by atoms with Crippen molar-refractivity contribution in [2.75, 3.05) is 0 Å². The summed E-state index contributed by atoms with van der Waals surface area (Å²) in [5, 5.41) is -0.580. The minimum absolute atomic E-state index is 0.360. The van der Waals surface area contributed by atoms with E-state index >= 15 is 0 Å². The Kier molecular flexibility index (Phi) is 4.43. The van der Waals surface area contributed by atoms with Crippen molar-refractivity contribution in [3.8, 4) is 0 Å². The van der Waals surface area contributed by atoms with E-state index in [0.717, 1.165) is 18.3 Å². The molecule has 0 radical (unpaired) electrons. The largest absolute Gasteiger partial charge is 0.491 e. The molecule has 130 valence electrons. The first-order chi connectivity index (χ1) is 11.2. The highest BCUT2D eigenvalue weighted by Crippen LogP contribution is 2.42. The fourth-order valence-corrected chi connectivity index (χ4v) is 5.11. The van der Waals surface area contributed by atoms with Crippen LogP contribution in [0, 0.1) is 0 Å². The van der Waals surface area contributed by atoms with Gasteiger partial charge in [-0.2, -0.15) is 0 Å². The van der Waals surface area contributed by atoms with E-state index in [1.807, 2.05) is 39.8 Å². The van der Waals surface area contributed by atoms with E-state index in [4.69, 9.17) is 9.31 Å². The van der Waals surface area contributed by atoms with Gasteiger partial charge in [-0.3, -0.25) is 0 Å². The molecule has 1 saturated heterocycles. The van der Waals surface area contributed by atoms with Crippen molar-refractivity contribution in [1.29, 1.82) is 0 Å². The van der Waals surface area contributed by atoms with Crippen molar-refractivity contribution in [3.63, 3.8) is 0 Å². The zero-order valence-electron chi connectivity index (χ0n) is 14.8. The summed E-state index contributed by atoms with van der Waals surface area (Å²) < 4.78 is 38.5. The highest BCUT2D eigenvalue weighted by atomic mass is 32.2. The average molecular weight is 348 g/mol. The molecule has 3 rings (SSSR count). The summed E-state index contributed by atoms with van der Waals surface area (Å²) >= 11 is 0. The zero-order chi connectivity index (χ0) is 17.6. The molecular weight excluding hydrogens is 323 g/mol. The first-order valence-electron chi connectivity index (χ1n) is 8.50. The highest BCUT2D eigenvalue weighted by Gasteiger charge is 2.54. The Labute approximate surface area is 145 Å². The molecule has 1 fully saturated rings. The standard InChI is InChI=1S/C18H25BO4S/c1-17(2)18(3,4)23-19(22-17)15-12-8-9-13-16(15)24(20,21)14-10-6-5-7-11-14/h5-7,10-12,16H,8-9,13H2,1-4H3. The molecule has 24 heavy (non-hydrogen) atoms. The topological polar surface area (TPSA) is 52.6 Å². The van der Waals surface area contributed by atoms with Crippen LogP contribution in [-0.4, -0.2) is 32.0 Å². The second-order valence-electron chi connectivity index (χ2n) is 7.57. The Bertz CT molecular complexity index is 722. The van der Waals surface area contributed by atoms with Gasteiger partial charge in [0.05, 0.1) is 21.3 Å². The van der Waals surface area contributed by atoms with Crippen LogP contribution in [0.5, 0.6) is 0 Å². The molecular formula is C18H25BO4S. The Balaban J connectivity index is 1.95. The molecule has 0 saturated carbocycles. The second kappa shape index (κ2) is 6.01. The van der Waals surface area contributed by atoms with Crippen LogP contribution in [0.3, 0.4) is 0 Å². The zero-order valence-corrected chi connectivity index (χ0v) is 15.6. The van der Waals surface area contributed by atoms with E-state index < -0.39 is 33.4 Å². The number of sulfone groups is 1. The lowest BCUT2D eigenvalue weighted by molar-refractivity contribution is 0.00578. The third kappa shape index (κ3) is 2.96. The SMILES string of the molecule is CC1(C)OB(C2=CCCCC2S(=O)(=O)c2ccccc2)OC1(C)C. The normalized spacial score (nSPS) is 26.2. The third-order valence-electron chi connectivity index (χ3n) is 5.39. The van der Waals surface area contributed by atoms with E-state index in [1.54, 1.807) is 24.3 Å². The summed E-state index contributed by atoms with van der Waals surface area (Å²) in [7, 11) is -4.05. The van der Waals surface area contributed by atoms with Gasteiger partial charge in [-0.1, -0.05) is 24.3 Å². The van der Waals surface area contributed by atoms with Crippen LogP contribution in [0.15, 0.2) is 46.8 Å². The molecule has 0 bridgehead atoms. The van der Waals surface area contributed by atoms with Gasteiger partial charge in [0.1, 0.15) is 0 Å². The number of allylic oxidation sites excluding steroid dienone is 1. The molecule has 6 heteroatoms. The average Bonchev–Trinajstić information content (AvgIpc) is 2.76. The molecule has 0 N–H and O–H groups in total. The van der Waals surface area contributed by atoms with Crippen molar-refractivity contribution >= 4 is 17.0 Å². The van der Waals surface area contributed by atoms with Gasteiger partial charge in [-0.25, -0.2) is 8.42 Å². The predicted molar refractivity (Wildman–Crippen MR) is 95.4 cm³/mol. The minimum Gasteiger partial charge on any atom is -0.400 e. The monoisotopic (exact) mass is 348 g/mol. The lowest BCUT2D eigenvalue weighted by Crippen LogP contribution is -2.41. The van der Waals surface area contributed by atoms with Crippen molar-refractivity contribution in [1.82, 2.24) is 0 Å². The summed E-state index contributed by atoms with van der Waals surface area (Å²) in [6.45, 7) is 7.93. The van der Waals surface area contributed by atoms with Crippen molar-refractivity contribution in [2.24, 2.45) is 0 Å². The molecule has 0 aromatic heterocycles. The molecule has 1 atom stereocenters. The van der Waals surface area contributed by atoms with Gasteiger partial charge in [0, 0.05) is 0 Å². The summed E-state index contributed by atoms with van der Waals surface area (Å²) in [4.78, 5) is 0.360. The van der Waals surface area contributed by atoms with Gasteiger partial charge in [0.2, 0.25) is 0 Å². The second-order valence-corrected chi connectivity index (χ2v) is 9.70. The molecule has 1 unspecified atom stereocenters. The van der Waals surface area contributed by atoms with E-state index in [2.05, 4.69) is 0 Å². The Morgan fingerprint density at radius 2 is 1.62 bits per heavy atom. The van der Waals surface area contributed by atoms with Crippen LogP contribution >= 0.6 is 0 Å². The first-order valence-corrected chi connectivity index (χ1v) is 10.0. The maximum atomic E-state index is 13.1. The molecule has 0 spiro atoms.